The topological polar surface area (TPSA) is 0 Å². The molecule has 110 valence electrons. The van der Waals surface area contributed by atoms with Gasteiger partial charge in [-0.25, -0.2) is 0 Å². The maximum Gasteiger partial charge on any atom is -0.0177 e. The summed E-state index contributed by atoms with van der Waals surface area (Å²) >= 11 is 0. The van der Waals surface area contributed by atoms with Crippen LogP contribution in [0.4, 0.5) is 0 Å². The number of rotatable bonds is 2. The number of allylic oxidation sites excluding steroid dienone is 1. The van der Waals surface area contributed by atoms with Gasteiger partial charge in [-0.1, -0.05) is 59.6 Å². The molecular formula is C19H34. The van der Waals surface area contributed by atoms with Crippen LogP contribution in [0.1, 0.15) is 73.6 Å². The Hall–Kier alpha value is -0.260. The first-order valence-corrected chi connectivity index (χ1v) is 8.32. The zero-order valence-electron chi connectivity index (χ0n) is 14.1. The molecule has 0 heteroatoms. The van der Waals surface area contributed by atoms with Crippen molar-refractivity contribution in [3.63, 3.8) is 0 Å². The van der Waals surface area contributed by atoms with Gasteiger partial charge in [0.2, 0.25) is 0 Å². The minimum atomic E-state index is 0.499. The first kappa shape index (κ1) is 15.1. The fraction of sp³-hybridized carbons (Fsp3) is 0.895. The lowest BCUT2D eigenvalue weighted by molar-refractivity contribution is 0.0731. The SMILES string of the molecule is C=C(C)C1CCCCC1C1C(C)C(C)(C)CC1(C)C. The normalized spacial score (nSPS) is 41.2. The summed E-state index contributed by atoms with van der Waals surface area (Å²) in [5.74, 6) is 3.39. The molecule has 0 spiro atoms. The Morgan fingerprint density at radius 3 is 2.05 bits per heavy atom. The summed E-state index contributed by atoms with van der Waals surface area (Å²) in [5, 5.41) is 0. The Labute approximate surface area is 121 Å². The molecule has 0 aromatic heterocycles. The second-order valence-corrected chi connectivity index (χ2v) is 8.87. The summed E-state index contributed by atoms with van der Waals surface area (Å²) in [5.41, 5.74) is 2.45. The van der Waals surface area contributed by atoms with Gasteiger partial charge in [0.25, 0.3) is 0 Å². The van der Waals surface area contributed by atoms with E-state index in [1.54, 1.807) is 0 Å². The Morgan fingerprint density at radius 1 is 1.00 bits per heavy atom. The Balaban J connectivity index is 2.30. The minimum absolute atomic E-state index is 0.499. The average Bonchev–Trinajstić information content (AvgIpc) is 2.43. The fourth-order valence-electron chi connectivity index (χ4n) is 5.77. The minimum Gasteiger partial charge on any atom is -0.0999 e. The smallest absolute Gasteiger partial charge is 0.0177 e. The molecule has 0 heterocycles. The molecule has 0 aromatic carbocycles. The highest BCUT2D eigenvalue weighted by molar-refractivity contribution is 5.08. The molecule has 2 aliphatic rings. The summed E-state index contributed by atoms with van der Waals surface area (Å²) in [6.45, 7) is 19.1. The molecule has 2 fully saturated rings. The van der Waals surface area contributed by atoms with Crippen LogP contribution in [0.3, 0.4) is 0 Å². The van der Waals surface area contributed by atoms with Crippen LogP contribution in [0.15, 0.2) is 12.2 Å². The van der Waals surface area contributed by atoms with Gasteiger partial charge in [0.15, 0.2) is 0 Å². The summed E-state index contributed by atoms with van der Waals surface area (Å²) in [6.07, 6.45) is 7.06. The van der Waals surface area contributed by atoms with Gasteiger partial charge >= 0.3 is 0 Å². The van der Waals surface area contributed by atoms with Crippen LogP contribution in [-0.4, -0.2) is 0 Å². The highest BCUT2D eigenvalue weighted by atomic mass is 14.6. The van der Waals surface area contributed by atoms with Gasteiger partial charge in [-0.2, -0.15) is 0 Å². The summed E-state index contributed by atoms with van der Waals surface area (Å²) in [4.78, 5) is 0. The molecule has 4 unspecified atom stereocenters. The van der Waals surface area contributed by atoms with Crippen LogP contribution in [0.2, 0.25) is 0 Å². The summed E-state index contributed by atoms with van der Waals surface area (Å²) < 4.78 is 0. The molecule has 4 atom stereocenters. The van der Waals surface area contributed by atoms with E-state index in [2.05, 4.69) is 48.1 Å². The molecule has 0 aromatic rings. The lowest BCUT2D eigenvalue weighted by Crippen LogP contribution is -2.36. The largest absolute Gasteiger partial charge is 0.0999 e. The molecule has 0 bridgehead atoms. The maximum absolute atomic E-state index is 4.31. The molecule has 2 saturated carbocycles. The van der Waals surface area contributed by atoms with Gasteiger partial charge in [-0.05, 0) is 60.7 Å². The third-order valence-electron chi connectivity index (χ3n) is 6.50. The predicted molar refractivity (Wildman–Crippen MR) is 85.1 cm³/mol. The lowest BCUT2D eigenvalue weighted by atomic mass is 9.61. The standard InChI is InChI=1S/C19H34/c1-13(2)15-10-8-9-11-16(15)17-14(3)18(4,5)12-19(17,6)7/h14-17H,1,8-12H2,2-7H3. The zero-order chi connectivity index (χ0) is 14.4. The fourth-order valence-corrected chi connectivity index (χ4v) is 5.77. The molecule has 0 nitrogen and oxygen atoms in total. The summed E-state index contributed by atoms with van der Waals surface area (Å²) in [7, 11) is 0. The van der Waals surface area contributed by atoms with E-state index >= 15 is 0 Å². The van der Waals surface area contributed by atoms with Crippen molar-refractivity contribution in [3.8, 4) is 0 Å². The van der Waals surface area contributed by atoms with E-state index in [-0.39, 0.29) is 0 Å². The van der Waals surface area contributed by atoms with E-state index in [1.165, 1.54) is 37.7 Å². The van der Waals surface area contributed by atoms with Crippen LogP contribution in [0.25, 0.3) is 0 Å². The van der Waals surface area contributed by atoms with Crippen molar-refractivity contribution in [1.82, 2.24) is 0 Å². The second kappa shape index (κ2) is 4.93. The van der Waals surface area contributed by atoms with Crippen molar-refractivity contribution in [3.05, 3.63) is 12.2 Å². The van der Waals surface area contributed by atoms with Gasteiger partial charge in [0.1, 0.15) is 0 Å². The maximum atomic E-state index is 4.31. The predicted octanol–water partition coefficient (Wildman–Crippen LogP) is 6.08. The van der Waals surface area contributed by atoms with Gasteiger partial charge in [-0.3, -0.25) is 0 Å². The number of hydrogen-bond acceptors (Lipinski definition) is 0. The van der Waals surface area contributed by atoms with Crippen molar-refractivity contribution in [2.75, 3.05) is 0 Å². The second-order valence-electron chi connectivity index (χ2n) is 8.87. The van der Waals surface area contributed by atoms with E-state index in [0.717, 1.165) is 23.7 Å². The van der Waals surface area contributed by atoms with Gasteiger partial charge in [0.05, 0.1) is 0 Å². The monoisotopic (exact) mass is 262 g/mol. The van der Waals surface area contributed by atoms with E-state index in [1.807, 2.05) is 0 Å². The van der Waals surface area contributed by atoms with Crippen molar-refractivity contribution in [2.45, 2.75) is 73.6 Å². The molecule has 0 amide bonds. The molecule has 0 N–H and O–H groups in total. The van der Waals surface area contributed by atoms with Gasteiger partial charge < -0.3 is 0 Å². The Morgan fingerprint density at radius 2 is 1.58 bits per heavy atom. The van der Waals surface area contributed by atoms with Crippen LogP contribution >= 0.6 is 0 Å². The first-order valence-electron chi connectivity index (χ1n) is 8.32. The van der Waals surface area contributed by atoms with Crippen molar-refractivity contribution in [1.29, 1.82) is 0 Å². The molecule has 0 saturated heterocycles. The molecule has 2 rings (SSSR count). The van der Waals surface area contributed by atoms with Crippen molar-refractivity contribution in [2.24, 2.45) is 34.5 Å². The molecule has 19 heavy (non-hydrogen) atoms. The van der Waals surface area contributed by atoms with Crippen LogP contribution in [-0.2, 0) is 0 Å². The van der Waals surface area contributed by atoms with E-state index in [9.17, 15) is 0 Å². The average molecular weight is 262 g/mol. The van der Waals surface area contributed by atoms with Crippen LogP contribution < -0.4 is 0 Å². The third kappa shape index (κ3) is 2.65. The third-order valence-corrected chi connectivity index (χ3v) is 6.50. The van der Waals surface area contributed by atoms with E-state index < -0.39 is 0 Å². The van der Waals surface area contributed by atoms with E-state index in [0.29, 0.717) is 10.8 Å². The van der Waals surface area contributed by atoms with Crippen LogP contribution in [0.5, 0.6) is 0 Å². The number of hydrogen-bond donors (Lipinski definition) is 0. The van der Waals surface area contributed by atoms with Crippen molar-refractivity contribution >= 4 is 0 Å². The quantitative estimate of drug-likeness (QED) is 0.529. The van der Waals surface area contributed by atoms with Gasteiger partial charge in [0, 0.05) is 0 Å². The molecule has 0 radical (unpaired) electrons. The van der Waals surface area contributed by atoms with Crippen LogP contribution in [0, 0.1) is 34.5 Å². The molecule has 2 aliphatic carbocycles. The molecule has 0 aliphatic heterocycles. The highest BCUT2D eigenvalue weighted by Crippen LogP contribution is 2.61. The zero-order valence-corrected chi connectivity index (χ0v) is 14.1. The highest BCUT2D eigenvalue weighted by Gasteiger charge is 2.54. The van der Waals surface area contributed by atoms with Gasteiger partial charge in [-0.15, -0.1) is 0 Å². The lowest BCUT2D eigenvalue weighted by Gasteiger charge is -2.44. The Kier molecular flexibility index (Phi) is 3.93. The first-order chi connectivity index (χ1) is 8.67. The van der Waals surface area contributed by atoms with Crippen molar-refractivity contribution < 1.29 is 0 Å². The molecular weight excluding hydrogens is 228 g/mol. The van der Waals surface area contributed by atoms with E-state index in [4.69, 9.17) is 0 Å². The summed E-state index contributed by atoms with van der Waals surface area (Å²) in [6, 6.07) is 0. The Bertz CT molecular complexity index is 347.